The van der Waals surface area contributed by atoms with Crippen molar-refractivity contribution in [2.24, 2.45) is 0 Å². The molecule has 116 valence electrons. The number of carbonyl (C=O) groups excluding carboxylic acids is 1. The van der Waals surface area contributed by atoms with Crippen molar-refractivity contribution in [2.45, 2.75) is 10.9 Å². The monoisotopic (exact) mass is 335 g/mol. The topological polar surface area (TPSA) is 110 Å². The molecule has 0 spiro atoms. The molecule has 21 heavy (non-hydrogen) atoms. The Morgan fingerprint density at radius 2 is 2.24 bits per heavy atom. The predicted molar refractivity (Wildman–Crippen MR) is 71.8 cm³/mol. The Labute approximate surface area is 124 Å². The van der Waals surface area contributed by atoms with Gasteiger partial charge in [-0.05, 0) is 6.07 Å². The van der Waals surface area contributed by atoms with E-state index in [1.54, 1.807) is 0 Å². The van der Waals surface area contributed by atoms with Gasteiger partial charge in [0.1, 0.15) is 10.9 Å². The van der Waals surface area contributed by atoms with Crippen LogP contribution in [0.3, 0.4) is 0 Å². The van der Waals surface area contributed by atoms with E-state index in [0.29, 0.717) is 0 Å². The number of rotatable bonds is 4. The van der Waals surface area contributed by atoms with Crippen LogP contribution in [0.15, 0.2) is 16.3 Å². The minimum Gasteiger partial charge on any atom is -0.477 e. The average molecular weight is 335 g/mol. The Bertz CT molecular complexity index is 651. The van der Waals surface area contributed by atoms with Crippen molar-refractivity contribution < 1.29 is 32.6 Å². The number of ether oxygens (including phenoxy) is 2. The number of methoxy groups -OCH3 is 1. The number of carboxylic acid groups (broad SMARTS) is 1. The van der Waals surface area contributed by atoms with Crippen LogP contribution >= 0.6 is 11.3 Å². The minimum absolute atomic E-state index is 0.000349. The number of morpholine rings is 1. The molecule has 0 aromatic carbocycles. The number of hydrogen-bond donors (Lipinski definition) is 1. The molecule has 0 saturated carbocycles. The third-order valence-corrected chi connectivity index (χ3v) is 5.90. The predicted octanol–water partition coefficient (Wildman–Crippen LogP) is 0.00880. The van der Waals surface area contributed by atoms with Gasteiger partial charge in [0.05, 0.1) is 25.2 Å². The fourth-order valence-electron chi connectivity index (χ4n) is 1.90. The molecule has 1 atom stereocenters. The van der Waals surface area contributed by atoms with Crippen LogP contribution in [0.1, 0.15) is 9.67 Å². The van der Waals surface area contributed by atoms with Crippen LogP contribution in [0.2, 0.25) is 0 Å². The van der Waals surface area contributed by atoms with Crippen molar-refractivity contribution in [3.8, 4) is 0 Å². The fourth-order valence-corrected chi connectivity index (χ4v) is 4.55. The zero-order chi connectivity index (χ0) is 15.6. The van der Waals surface area contributed by atoms with Gasteiger partial charge in [0.25, 0.3) is 0 Å². The summed E-state index contributed by atoms with van der Waals surface area (Å²) in [7, 11) is -2.82. The van der Waals surface area contributed by atoms with Crippen molar-refractivity contribution in [3.63, 3.8) is 0 Å². The lowest BCUT2D eigenvalue weighted by molar-refractivity contribution is -0.149. The average Bonchev–Trinajstić information content (AvgIpc) is 2.97. The maximum Gasteiger partial charge on any atom is 0.345 e. The molecule has 10 heteroatoms. The molecule has 1 saturated heterocycles. The highest BCUT2D eigenvalue weighted by Gasteiger charge is 2.39. The van der Waals surface area contributed by atoms with E-state index in [1.807, 2.05) is 0 Å². The molecule has 1 aliphatic rings. The second-order valence-electron chi connectivity index (χ2n) is 4.18. The highest BCUT2D eigenvalue weighted by molar-refractivity contribution is 7.89. The second kappa shape index (κ2) is 6.10. The third-order valence-electron chi connectivity index (χ3n) is 2.95. The lowest BCUT2D eigenvalue weighted by atomic mass is 10.3. The maximum atomic E-state index is 12.5. The zero-order valence-corrected chi connectivity index (χ0v) is 12.6. The third kappa shape index (κ3) is 3.07. The summed E-state index contributed by atoms with van der Waals surface area (Å²) in [6, 6.07) is 0.00787. The van der Waals surface area contributed by atoms with Gasteiger partial charge >= 0.3 is 11.9 Å². The number of aromatic carboxylic acids is 1. The van der Waals surface area contributed by atoms with Crippen LogP contribution < -0.4 is 0 Å². The van der Waals surface area contributed by atoms with Gasteiger partial charge < -0.3 is 14.6 Å². The smallest absolute Gasteiger partial charge is 0.345 e. The molecule has 2 heterocycles. The van der Waals surface area contributed by atoms with Gasteiger partial charge in [-0.3, -0.25) is 4.79 Å². The molecule has 1 aromatic heterocycles. The molecule has 1 aliphatic heterocycles. The first-order valence-corrected chi connectivity index (χ1v) is 8.19. The largest absolute Gasteiger partial charge is 0.477 e. The quantitative estimate of drug-likeness (QED) is 0.772. The molecule has 0 radical (unpaired) electrons. The summed E-state index contributed by atoms with van der Waals surface area (Å²) in [6.07, 6.45) is 0. The van der Waals surface area contributed by atoms with Gasteiger partial charge in [0.15, 0.2) is 0 Å². The van der Waals surface area contributed by atoms with E-state index in [0.717, 1.165) is 28.8 Å². The van der Waals surface area contributed by atoms with Crippen molar-refractivity contribution in [1.82, 2.24) is 4.31 Å². The zero-order valence-electron chi connectivity index (χ0n) is 11.0. The number of carboxylic acids is 1. The van der Waals surface area contributed by atoms with Gasteiger partial charge in [-0.15, -0.1) is 11.3 Å². The van der Waals surface area contributed by atoms with Gasteiger partial charge in [-0.2, -0.15) is 4.31 Å². The number of esters is 1. The maximum absolute atomic E-state index is 12.5. The molecule has 1 aromatic rings. The summed E-state index contributed by atoms with van der Waals surface area (Å²) in [4.78, 5) is 22.3. The van der Waals surface area contributed by atoms with Crippen molar-refractivity contribution in [1.29, 1.82) is 0 Å². The molecule has 8 nitrogen and oxygen atoms in total. The molecule has 2 rings (SSSR count). The van der Waals surface area contributed by atoms with E-state index in [-0.39, 0.29) is 29.5 Å². The molecule has 0 bridgehead atoms. The van der Waals surface area contributed by atoms with Crippen molar-refractivity contribution in [2.75, 3.05) is 26.9 Å². The van der Waals surface area contributed by atoms with Gasteiger partial charge in [0.2, 0.25) is 10.0 Å². The number of nitrogens with zero attached hydrogens (tertiary/aromatic N) is 1. The van der Waals surface area contributed by atoms with Gasteiger partial charge in [-0.1, -0.05) is 0 Å². The Morgan fingerprint density at radius 1 is 1.52 bits per heavy atom. The highest BCUT2D eigenvalue weighted by Crippen LogP contribution is 2.25. The Hall–Kier alpha value is -1.49. The number of carbonyl (C=O) groups is 2. The van der Waals surface area contributed by atoms with E-state index in [1.165, 1.54) is 5.38 Å². The van der Waals surface area contributed by atoms with E-state index in [9.17, 15) is 18.0 Å². The molecule has 1 N–H and O–H groups in total. The fraction of sp³-hybridized carbons (Fsp3) is 0.455. The van der Waals surface area contributed by atoms with E-state index >= 15 is 0 Å². The minimum atomic E-state index is -3.98. The standard InChI is InChI=1S/C11H13NO7S2/c1-18-11(15)8-5-19-3-2-12(8)21(16,17)7-4-9(10(13)14)20-6-7/h4,6,8H,2-3,5H2,1H3,(H,13,14). The van der Waals surface area contributed by atoms with Gasteiger partial charge in [0, 0.05) is 11.9 Å². The Balaban J connectivity index is 2.35. The molecule has 1 fully saturated rings. The Morgan fingerprint density at radius 3 is 2.81 bits per heavy atom. The summed E-state index contributed by atoms with van der Waals surface area (Å²) in [5.41, 5.74) is 0. The molecular formula is C11H13NO7S2. The summed E-state index contributed by atoms with van der Waals surface area (Å²) < 4.78 is 35.7. The van der Waals surface area contributed by atoms with Crippen molar-refractivity contribution >= 4 is 33.3 Å². The van der Waals surface area contributed by atoms with Gasteiger partial charge in [-0.25, -0.2) is 13.2 Å². The van der Waals surface area contributed by atoms with Crippen LogP contribution in [-0.4, -0.2) is 62.7 Å². The molecule has 0 aliphatic carbocycles. The van der Waals surface area contributed by atoms with E-state index in [2.05, 4.69) is 4.74 Å². The molecule has 0 amide bonds. The summed E-state index contributed by atoms with van der Waals surface area (Å²) >= 11 is 0.811. The van der Waals surface area contributed by atoms with Crippen LogP contribution in [0.5, 0.6) is 0 Å². The first-order chi connectivity index (χ1) is 9.87. The second-order valence-corrected chi connectivity index (χ2v) is 6.98. The van der Waals surface area contributed by atoms with E-state index < -0.39 is 28.0 Å². The summed E-state index contributed by atoms with van der Waals surface area (Å²) in [6.45, 7) is 0.0603. The first kappa shape index (κ1) is 15.9. The lowest BCUT2D eigenvalue weighted by Crippen LogP contribution is -2.52. The lowest BCUT2D eigenvalue weighted by Gasteiger charge is -2.32. The number of thiophene rings is 1. The highest BCUT2D eigenvalue weighted by atomic mass is 32.2. The first-order valence-electron chi connectivity index (χ1n) is 5.87. The normalized spacial score (nSPS) is 20.1. The van der Waals surface area contributed by atoms with Crippen LogP contribution in [0, 0.1) is 0 Å². The molecular weight excluding hydrogens is 322 g/mol. The van der Waals surface area contributed by atoms with Crippen molar-refractivity contribution in [3.05, 3.63) is 16.3 Å². The van der Waals surface area contributed by atoms with Crippen LogP contribution in [0.25, 0.3) is 0 Å². The van der Waals surface area contributed by atoms with Crippen LogP contribution in [-0.2, 0) is 24.3 Å². The van der Waals surface area contributed by atoms with E-state index in [4.69, 9.17) is 9.84 Å². The summed E-state index contributed by atoms with van der Waals surface area (Å²) in [5, 5.41) is 10.1. The summed E-state index contributed by atoms with van der Waals surface area (Å²) in [5.74, 6) is -1.92. The number of sulfonamides is 1. The SMILES string of the molecule is COC(=O)C1COCCN1S(=O)(=O)c1csc(C(=O)O)c1. The Kier molecular flexibility index (Phi) is 4.61. The molecule has 1 unspecified atom stereocenters. The number of hydrogen-bond acceptors (Lipinski definition) is 7. The van der Waals surface area contributed by atoms with Crippen LogP contribution in [0.4, 0.5) is 0 Å².